The summed E-state index contributed by atoms with van der Waals surface area (Å²) in [7, 11) is 0. The predicted molar refractivity (Wildman–Crippen MR) is 69.3 cm³/mol. The van der Waals surface area contributed by atoms with Gasteiger partial charge in [-0.05, 0) is 18.8 Å². The van der Waals surface area contributed by atoms with Gasteiger partial charge in [-0.15, -0.1) is 0 Å². The van der Waals surface area contributed by atoms with Crippen LogP contribution in [0.25, 0.3) is 0 Å². The lowest BCUT2D eigenvalue weighted by Gasteiger charge is -2.29. The molecular formula is C13H21N3O. The van der Waals surface area contributed by atoms with Crippen molar-refractivity contribution < 1.29 is 0 Å². The average Bonchev–Trinajstić information content (AvgIpc) is 2.31. The van der Waals surface area contributed by atoms with Gasteiger partial charge in [0.1, 0.15) is 11.6 Å². The van der Waals surface area contributed by atoms with Crippen LogP contribution in [-0.2, 0) is 6.42 Å². The van der Waals surface area contributed by atoms with Gasteiger partial charge in [0, 0.05) is 18.5 Å². The van der Waals surface area contributed by atoms with Crippen LogP contribution in [0.5, 0.6) is 0 Å². The van der Waals surface area contributed by atoms with Crippen molar-refractivity contribution in [3.05, 3.63) is 22.2 Å². The highest BCUT2D eigenvalue weighted by molar-refractivity contribution is 5.34. The van der Waals surface area contributed by atoms with Crippen LogP contribution >= 0.6 is 0 Å². The van der Waals surface area contributed by atoms with Gasteiger partial charge in [0.15, 0.2) is 0 Å². The summed E-state index contributed by atoms with van der Waals surface area (Å²) in [5, 5.41) is 3.42. The number of aromatic nitrogens is 2. The molecule has 2 N–H and O–H groups in total. The first kappa shape index (κ1) is 12.1. The van der Waals surface area contributed by atoms with E-state index in [1.807, 2.05) is 6.92 Å². The summed E-state index contributed by atoms with van der Waals surface area (Å²) in [5.74, 6) is 2.14. The fourth-order valence-corrected chi connectivity index (χ4v) is 2.47. The molecule has 1 fully saturated rings. The molecule has 94 valence electrons. The molecule has 0 aromatic carbocycles. The maximum Gasteiger partial charge on any atom is 0.252 e. The molecule has 4 nitrogen and oxygen atoms in total. The largest absolute Gasteiger partial charge is 0.367 e. The Kier molecular flexibility index (Phi) is 3.82. The molecule has 1 saturated carbocycles. The van der Waals surface area contributed by atoms with Gasteiger partial charge in [-0.25, -0.2) is 4.98 Å². The normalized spacial score (nSPS) is 24.6. The van der Waals surface area contributed by atoms with Crippen molar-refractivity contribution in [3.63, 3.8) is 0 Å². The number of hydrogen-bond donors (Lipinski definition) is 2. The number of anilines is 1. The quantitative estimate of drug-likeness (QED) is 0.845. The Morgan fingerprint density at radius 2 is 2.24 bits per heavy atom. The molecule has 1 aromatic heterocycles. The van der Waals surface area contributed by atoms with E-state index >= 15 is 0 Å². The van der Waals surface area contributed by atoms with E-state index in [0.29, 0.717) is 12.0 Å². The van der Waals surface area contributed by atoms with Crippen molar-refractivity contribution in [2.24, 2.45) is 5.92 Å². The lowest BCUT2D eigenvalue weighted by molar-refractivity contribution is 0.349. The highest BCUT2D eigenvalue weighted by Gasteiger charge is 2.21. The topological polar surface area (TPSA) is 57.8 Å². The smallest absolute Gasteiger partial charge is 0.252 e. The molecule has 1 heterocycles. The second-order valence-electron chi connectivity index (χ2n) is 4.94. The maximum atomic E-state index is 11.5. The van der Waals surface area contributed by atoms with Crippen LogP contribution in [0.4, 0.5) is 5.82 Å². The van der Waals surface area contributed by atoms with Gasteiger partial charge in [-0.1, -0.05) is 26.7 Å². The van der Waals surface area contributed by atoms with Crippen molar-refractivity contribution in [1.82, 2.24) is 9.97 Å². The van der Waals surface area contributed by atoms with Crippen molar-refractivity contribution in [1.29, 1.82) is 0 Å². The third kappa shape index (κ3) is 3.08. The number of hydrogen-bond acceptors (Lipinski definition) is 3. The van der Waals surface area contributed by atoms with Crippen LogP contribution in [-0.4, -0.2) is 16.0 Å². The monoisotopic (exact) mass is 235 g/mol. The van der Waals surface area contributed by atoms with Gasteiger partial charge in [-0.2, -0.15) is 0 Å². The van der Waals surface area contributed by atoms with Gasteiger partial charge in [0.25, 0.3) is 5.56 Å². The minimum atomic E-state index is -0.0668. The summed E-state index contributed by atoms with van der Waals surface area (Å²) in [4.78, 5) is 18.6. The second kappa shape index (κ2) is 5.34. The van der Waals surface area contributed by atoms with Crippen LogP contribution < -0.4 is 10.9 Å². The third-order valence-corrected chi connectivity index (χ3v) is 3.57. The lowest BCUT2D eigenvalue weighted by Crippen LogP contribution is -2.31. The number of nitrogens with one attached hydrogen (secondary N) is 2. The Balaban J connectivity index is 2.11. The molecule has 0 spiro atoms. The van der Waals surface area contributed by atoms with Crippen LogP contribution in [0.3, 0.4) is 0 Å². The zero-order chi connectivity index (χ0) is 12.3. The first-order valence-corrected chi connectivity index (χ1v) is 6.56. The molecule has 4 heteroatoms. The van der Waals surface area contributed by atoms with E-state index in [2.05, 4.69) is 22.2 Å². The lowest BCUT2D eigenvalue weighted by atomic mass is 9.86. The summed E-state index contributed by atoms with van der Waals surface area (Å²) in [5.41, 5.74) is -0.0668. The molecule has 0 amide bonds. The Labute approximate surface area is 102 Å². The van der Waals surface area contributed by atoms with Gasteiger partial charge >= 0.3 is 0 Å². The van der Waals surface area contributed by atoms with Crippen LogP contribution in [0.15, 0.2) is 10.9 Å². The molecule has 2 atom stereocenters. The number of aryl methyl sites for hydroxylation is 1. The van der Waals surface area contributed by atoms with Crippen LogP contribution in [0.2, 0.25) is 0 Å². The van der Waals surface area contributed by atoms with Gasteiger partial charge in [-0.3, -0.25) is 4.79 Å². The zero-order valence-corrected chi connectivity index (χ0v) is 10.6. The molecule has 17 heavy (non-hydrogen) atoms. The predicted octanol–water partition coefficient (Wildman–Crippen LogP) is 2.32. The first-order valence-electron chi connectivity index (χ1n) is 6.56. The van der Waals surface area contributed by atoms with E-state index in [-0.39, 0.29) is 5.56 Å². The molecule has 2 rings (SSSR count). The number of rotatable bonds is 3. The van der Waals surface area contributed by atoms with Gasteiger partial charge in [0.05, 0.1) is 0 Å². The van der Waals surface area contributed by atoms with Crippen LogP contribution in [0.1, 0.15) is 45.4 Å². The van der Waals surface area contributed by atoms with E-state index in [4.69, 9.17) is 0 Å². The summed E-state index contributed by atoms with van der Waals surface area (Å²) >= 11 is 0. The second-order valence-corrected chi connectivity index (χ2v) is 4.94. The molecule has 1 aliphatic rings. The minimum absolute atomic E-state index is 0.0668. The molecular weight excluding hydrogens is 214 g/mol. The number of nitrogens with zero attached hydrogens (tertiary/aromatic N) is 1. The summed E-state index contributed by atoms with van der Waals surface area (Å²) in [6, 6.07) is 2.02. The Morgan fingerprint density at radius 1 is 1.47 bits per heavy atom. The highest BCUT2D eigenvalue weighted by Crippen LogP contribution is 2.25. The number of H-pyrrole nitrogens is 1. The minimum Gasteiger partial charge on any atom is -0.367 e. The highest BCUT2D eigenvalue weighted by atomic mass is 16.1. The number of aromatic amines is 1. The summed E-state index contributed by atoms with van der Waals surface area (Å²) in [6.45, 7) is 4.26. The van der Waals surface area contributed by atoms with Crippen molar-refractivity contribution in [2.45, 2.75) is 52.0 Å². The van der Waals surface area contributed by atoms with Gasteiger partial charge < -0.3 is 10.3 Å². The van der Waals surface area contributed by atoms with E-state index in [0.717, 1.165) is 18.1 Å². The van der Waals surface area contributed by atoms with E-state index in [1.54, 1.807) is 6.07 Å². The van der Waals surface area contributed by atoms with Crippen LogP contribution in [0, 0.1) is 5.92 Å². The van der Waals surface area contributed by atoms with Crippen molar-refractivity contribution >= 4 is 5.82 Å². The Bertz CT molecular complexity index is 427. The SMILES string of the molecule is CCc1nc(NC2CCCCC2C)cc(=O)[nH]1. The maximum absolute atomic E-state index is 11.5. The molecule has 0 aliphatic heterocycles. The molecule has 2 unspecified atom stereocenters. The fraction of sp³-hybridized carbons (Fsp3) is 0.692. The van der Waals surface area contributed by atoms with E-state index in [1.165, 1.54) is 25.7 Å². The average molecular weight is 235 g/mol. The molecule has 0 radical (unpaired) electrons. The van der Waals surface area contributed by atoms with E-state index < -0.39 is 0 Å². The van der Waals surface area contributed by atoms with Gasteiger partial charge in [0.2, 0.25) is 0 Å². The van der Waals surface area contributed by atoms with E-state index in [9.17, 15) is 4.79 Å². The summed E-state index contributed by atoms with van der Waals surface area (Å²) in [6.07, 6.45) is 5.79. The van der Waals surface area contributed by atoms with Crippen molar-refractivity contribution in [3.8, 4) is 0 Å². The van der Waals surface area contributed by atoms with Crippen molar-refractivity contribution in [2.75, 3.05) is 5.32 Å². The molecule has 0 saturated heterocycles. The fourth-order valence-electron chi connectivity index (χ4n) is 2.47. The molecule has 1 aromatic rings. The third-order valence-electron chi connectivity index (χ3n) is 3.57. The summed E-state index contributed by atoms with van der Waals surface area (Å²) < 4.78 is 0. The Morgan fingerprint density at radius 3 is 2.94 bits per heavy atom. The molecule has 0 bridgehead atoms. The Hall–Kier alpha value is -1.32. The standard InChI is InChI=1S/C13H21N3O/c1-3-11-15-12(8-13(17)16-11)14-10-7-5-4-6-9(10)2/h8-10H,3-7H2,1-2H3,(H2,14,15,16,17). The zero-order valence-electron chi connectivity index (χ0n) is 10.6. The molecule has 1 aliphatic carbocycles. The first-order chi connectivity index (χ1) is 8.19.